The van der Waals surface area contributed by atoms with Gasteiger partial charge in [-0.1, -0.05) is 6.92 Å². The normalized spacial score (nSPS) is 19.5. The van der Waals surface area contributed by atoms with Crippen LogP contribution in [0.2, 0.25) is 0 Å². The molecule has 2 unspecified atom stereocenters. The molecule has 0 spiro atoms. The molecule has 0 radical (unpaired) electrons. The van der Waals surface area contributed by atoms with E-state index in [4.69, 9.17) is 9.41 Å². The van der Waals surface area contributed by atoms with Crippen molar-refractivity contribution >= 4 is 29.9 Å². The van der Waals surface area contributed by atoms with E-state index in [1.54, 1.807) is 6.26 Å². The Hall–Kier alpha value is -2.37. The summed E-state index contributed by atoms with van der Waals surface area (Å²) < 4.78 is 7.55. The molecule has 2 N–H and O–H groups in total. The molecule has 162 valence electrons. The Labute approximate surface area is 193 Å². The van der Waals surface area contributed by atoms with Crippen molar-refractivity contribution < 1.29 is 4.42 Å². The van der Waals surface area contributed by atoms with Gasteiger partial charge in [0.05, 0.1) is 18.6 Å². The van der Waals surface area contributed by atoms with Gasteiger partial charge in [-0.25, -0.2) is 9.97 Å². The SMILES string of the molecule is CCNC(=NCCc1nc(-c2ccco2)n[nH]1)N1CCC(C)C(n2ccnc2)C1.I. The number of halogens is 1. The van der Waals surface area contributed by atoms with Crippen molar-refractivity contribution in [2.45, 2.75) is 32.7 Å². The number of piperidine rings is 1. The van der Waals surface area contributed by atoms with Crippen LogP contribution in [-0.4, -0.2) is 61.8 Å². The molecule has 1 aliphatic rings. The van der Waals surface area contributed by atoms with Crippen molar-refractivity contribution in [3.63, 3.8) is 0 Å². The lowest BCUT2D eigenvalue weighted by Crippen LogP contribution is -2.49. The molecule has 0 aliphatic carbocycles. The molecule has 30 heavy (non-hydrogen) atoms. The predicted octanol–water partition coefficient (Wildman–Crippen LogP) is 2.97. The van der Waals surface area contributed by atoms with E-state index in [2.05, 4.69) is 55.0 Å². The molecule has 10 heteroatoms. The molecule has 1 fully saturated rings. The van der Waals surface area contributed by atoms with Gasteiger partial charge in [-0.05, 0) is 31.4 Å². The first-order chi connectivity index (χ1) is 14.2. The smallest absolute Gasteiger partial charge is 0.216 e. The van der Waals surface area contributed by atoms with Gasteiger partial charge in [-0.3, -0.25) is 10.1 Å². The van der Waals surface area contributed by atoms with Crippen molar-refractivity contribution in [2.75, 3.05) is 26.2 Å². The molecule has 1 aliphatic heterocycles. The van der Waals surface area contributed by atoms with Gasteiger partial charge in [-0.2, -0.15) is 5.10 Å². The maximum atomic E-state index is 5.34. The Balaban J connectivity index is 0.00000256. The zero-order chi connectivity index (χ0) is 20.1. The zero-order valence-corrected chi connectivity index (χ0v) is 19.7. The van der Waals surface area contributed by atoms with Crippen LogP contribution in [0, 0.1) is 5.92 Å². The number of hydrogen-bond donors (Lipinski definition) is 2. The van der Waals surface area contributed by atoms with Crippen molar-refractivity contribution in [2.24, 2.45) is 10.9 Å². The van der Waals surface area contributed by atoms with Crippen LogP contribution < -0.4 is 5.32 Å². The highest BCUT2D eigenvalue weighted by Gasteiger charge is 2.28. The van der Waals surface area contributed by atoms with Crippen LogP contribution in [0.25, 0.3) is 11.6 Å². The number of furan rings is 1. The number of aromatic nitrogens is 5. The van der Waals surface area contributed by atoms with Gasteiger partial charge in [0, 0.05) is 45.0 Å². The van der Waals surface area contributed by atoms with Gasteiger partial charge in [0.1, 0.15) is 5.82 Å². The molecule has 2 atom stereocenters. The largest absolute Gasteiger partial charge is 0.461 e. The van der Waals surface area contributed by atoms with Crippen LogP contribution >= 0.6 is 24.0 Å². The topological polar surface area (TPSA) is 100 Å². The standard InChI is InChI=1S/C20H28N8O.HI/c1-3-22-20(27-10-7-15(2)16(13-27)28-11-9-21-14-28)23-8-6-18-24-19(26-25-18)17-5-4-12-29-17;/h4-5,9,11-12,14-16H,3,6-8,10,13H2,1-2H3,(H,22,23)(H,24,25,26);1H. The average Bonchev–Trinajstić information content (AvgIpc) is 3.49. The first-order valence-electron chi connectivity index (χ1n) is 10.2. The van der Waals surface area contributed by atoms with Crippen LogP contribution in [0.1, 0.15) is 32.1 Å². The van der Waals surface area contributed by atoms with Gasteiger partial charge in [0.25, 0.3) is 0 Å². The van der Waals surface area contributed by atoms with E-state index in [1.807, 2.05) is 24.7 Å². The highest BCUT2D eigenvalue weighted by Crippen LogP contribution is 2.27. The van der Waals surface area contributed by atoms with Crippen molar-refractivity contribution in [1.82, 2.24) is 34.9 Å². The molecule has 3 aromatic heterocycles. The second kappa shape index (κ2) is 10.6. The number of rotatable bonds is 6. The lowest BCUT2D eigenvalue weighted by atomic mass is 9.93. The molecule has 9 nitrogen and oxygen atoms in total. The number of H-pyrrole nitrogens is 1. The second-order valence-electron chi connectivity index (χ2n) is 7.36. The molecule has 4 rings (SSSR count). The molecule has 0 saturated carbocycles. The van der Waals surface area contributed by atoms with E-state index in [1.165, 1.54) is 0 Å². The fourth-order valence-corrected chi connectivity index (χ4v) is 3.71. The summed E-state index contributed by atoms with van der Waals surface area (Å²) in [5, 5.41) is 10.6. The molecular weight excluding hydrogens is 495 g/mol. The first-order valence-corrected chi connectivity index (χ1v) is 10.2. The number of hydrogen-bond acceptors (Lipinski definition) is 5. The highest BCUT2D eigenvalue weighted by molar-refractivity contribution is 14.0. The fourth-order valence-electron chi connectivity index (χ4n) is 3.71. The summed E-state index contributed by atoms with van der Waals surface area (Å²) in [4.78, 5) is 15.9. The van der Waals surface area contributed by atoms with Crippen LogP contribution in [0.3, 0.4) is 0 Å². The van der Waals surface area contributed by atoms with Crippen molar-refractivity contribution in [1.29, 1.82) is 0 Å². The minimum Gasteiger partial charge on any atom is -0.461 e. The highest BCUT2D eigenvalue weighted by atomic mass is 127. The Morgan fingerprint density at radius 1 is 1.43 bits per heavy atom. The van der Waals surface area contributed by atoms with E-state index >= 15 is 0 Å². The van der Waals surface area contributed by atoms with Gasteiger partial charge >= 0.3 is 0 Å². The molecular formula is C20H29IN8O. The summed E-state index contributed by atoms with van der Waals surface area (Å²) in [5.74, 6) is 3.61. The number of aromatic amines is 1. The zero-order valence-electron chi connectivity index (χ0n) is 17.4. The molecule has 4 heterocycles. The quantitative estimate of drug-likeness (QED) is 0.292. The molecule has 0 aromatic carbocycles. The number of imidazole rings is 1. The number of guanidine groups is 1. The van der Waals surface area contributed by atoms with E-state index < -0.39 is 0 Å². The van der Waals surface area contributed by atoms with Crippen LogP contribution in [0.4, 0.5) is 0 Å². The number of nitrogens with zero attached hydrogens (tertiary/aromatic N) is 6. The number of aliphatic imine (C=N–C) groups is 1. The number of likely N-dealkylation sites (tertiary alicyclic amines) is 1. The average molecular weight is 524 g/mol. The summed E-state index contributed by atoms with van der Waals surface area (Å²) in [6.45, 7) is 7.81. The van der Waals surface area contributed by atoms with E-state index in [-0.39, 0.29) is 24.0 Å². The third kappa shape index (κ3) is 5.21. The third-order valence-corrected chi connectivity index (χ3v) is 5.34. The molecule has 3 aromatic rings. The summed E-state index contributed by atoms with van der Waals surface area (Å²) in [7, 11) is 0. The fraction of sp³-hybridized carbons (Fsp3) is 0.500. The van der Waals surface area contributed by atoms with E-state index in [9.17, 15) is 0 Å². The van der Waals surface area contributed by atoms with E-state index in [0.29, 0.717) is 36.5 Å². The van der Waals surface area contributed by atoms with Crippen LogP contribution in [-0.2, 0) is 6.42 Å². The summed E-state index contributed by atoms with van der Waals surface area (Å²) in [6, 6.07) is 4.08. The third-order valence-electron chi connectivity index (χ3n) is 5.34. The maximum Gasteiger partial charge on any atom is 0.216 e. The Morgan fingerprint density at radius 2 is 2.33 bits per heavy atom. The Morgan fingerprint density at radius 3 is 3.07 bits per heavy atom. The van der Waals surface area contributed by atoms with Crippen LogP contribution in [0.5, 0.6) is 0 Å². The van der Waals surface area contributed by atoms with Crippen molar-refractivity contribution in [3.05, 3.63) is 42.9 Å². The maximum absolute atomic E-state index is 5.34. The minimum absolute atomic E-state index is 0. The first kappa shape index (κ1) is 22.3. The van der Waals surface area contributed by atoms with Gasteiger partial charge in [0.2, 0.25) is 5.82 Å². The predicted molar refractivity (Wildman–Crippen MR) is 126 cm³/mol. The molecule has 0 amide bonds. The van der Waals surface area contributed by atoms with Gasteiger partial charge in [0.15, 0.2) is 11.7 Å². The van der Waals surface area contributed by atoms with Gasteiger partial charge < -0.3 is 19.2 Å². The van der Waals surface area contributed by atoms with Crippen LogP contribution in [0.15, 0.2) is 46.5 Å². The van der Waals surface area contributed by atoms with Crippen molar-refractivity contribution in [3.8, 4) is 11.6 Å². The molecule has 0 bridgehead atoms. The summed E-state index contributed by atoms with van der Waals surface area (Å²) in [5.41, 5.74) is 0. The minimum atomic E-state index is 0. The molecule has 1 saturated heterocycles. The Bertz CT molecular complexity index is 905. The summed E-state index contributed by atoms with van der Waals surface area (Å²) in [6.07, 6.45) is 9.25. The second-order valence-corrected chi connectivity index (χ2v) is 7.36. The summed E-state index contributed by atoms with van der Waals surface area (Å²) >= 11 is 0. The Kier molecular flexibility index (Phi) is 7.88. The number of nitrogens with one attached hydrogen (secondary N) is 2. The van der Waals surface area contributed by atoms with Gasteiger partial charge in [-0.15, -0.1) is 24.0 Å². The monoisotopic (exact) mass is 524 g/mol. The lowest BCUT2D eigenvalue weighted by molar-refractivity contribution is 0.189. The lowest BCUT2D eigenvalue weighted by Gasteiger charge is -2.39. The van der Waals surface area contributed by atoms with E-state index in [0.717, 1.165) is 37.8 Å².